The van der Waals surface area contributed by atoms with E-state index in [1.807, 2.05) is 25.1 Å². The van der Waals surface area contributed by atoms with Crippen molar-refractivity contribution in [2.24, 2.45) is 0 Å². The van der Waals surface area contributed by atoms with E-state index in [1.54, 1.807) is 12.1 Å². The number of benzene rings is 2. The lowest BCUT2D eigenvalue weighted by molar-refractivity contribution is -0.921. The molecule has 0 aromatic heterocycles. The van der Waals surface area contributed by atoms with Gasteiger partial charge in [0.25, 0.3) is 5.91 Å². The first kappa shape index (κ1) is 19.7. The monoisotopic (exact) mass is 389 g/mol. The summed E-state index contributed by atoms with van der Waals surface area (Å²) in [5.41, 5.74) is 3.34. The van der Waals surface area contributed by atoms with Crippen LogP contribution in [0.1, 0.15) is 16.7 Å². The highest BCUT2D eigenvalue weighted by Crippen LogP contribution is 2.20. The van der Waals surface area contributed by atoms with E-state index in [-0.39, 0.29) is 12.5 Å². The Hall–Kier alpha value is -2.08. The topological polar surface area (TPSA) is 52.0 Å². The molecule has 1 aliphatic heterocycles. The van der Waals surface area contributed by atoms with Crippen LogP contribution < -0.4 is 15.0 Å². The van der Waals surface area contributed by atoms with Crippen LogP contribution in [-0.4, -0.2) is 38.8 Å². The summed E-state index contributed by atoms with van der Waals surface area (Å²) in [6.07, 6.45) is 0. The lowest BCUT2D eigenvalue weighted by Crippen LogP contribution is -3.12. The average Bonchev–Trinajstić information content (AvgIpc) is 2.69. The molecular formula is C21H26ClN2O3+. The number of nitrogens with one attached hydrogen (secondary N) is 2. The first-order chi connectivity index (χ1) is 13.1. The molecule has 2 aromatic carbocycles. The predicted molar refractivity (Wildman–Crippen MR) is 105 cm³/mol. The van der Waals surface area contributed by atoms with Crippen LogP contribution in [0.3, 0.4) is 0 Å². The van der Waals surface area contributed by atoms with Crippen molar-refractivity contribution < 1.29 is 19.2 Å². The van der Waals surface area contributed by atoms with Gasteiger partial charge >= 0.3 is 0 Å². The molecule has 3 rings (SSSR count). The number of morpholine rings is 1. The molecule has 0 radical (unpaired) electrons. The molecule has 1 aliphatic rings. The largest absolute Gasteiger partial charge is 0.484 e. The van der Waals surface area contributed by atoms with Gasteiger partial charge in [-0.05, 0) is 36.2 Å². The van der Waals surface area contributed by atoms with Crippen LogP contribution in [0.2, 0.25) is 5.02 Å². The number of carbonyl (C=O) groups excluding carboxylic acids is 1. The average molecular weight is 390 g/mol. The Morgan fingerprint density at radius 1 is 1.19 bits per heavy atom. The summed E-state index contributed by atoms with van der Waals surface area (Å²) in [5, 5.41) is 3.63. The van der Waals surface area contributed by atoms with E-state index in [2.05, 4.69) is 17.4 Å². The molecule has 0 spiro atoms. The van der Waals surface area contributed by atoms with Gasteiger partial charge in [0.2, 0.25) is 0 Å². The van der Waals surface area contributed by atoms with Crippen molar-refractivity contribution in [1.82, 2.24) is 5.32 Å². The van der Waals surface area contributed by atoms with E-state index >= 15 is 0 Å². The van der Waals surface area contributed by atoms with Crippen LogP contribution in [0.4, 0.5) is 0 Å². The second-order valence-corrected chi connectivity index (χ2v) is 7.19. The first-order valence-electron chi connectivity index (χ1n) is 9.25. The van der Waals surface area contributed by atoms with Gasteiger partial charge in [-0.2, -0.15) is 0 Å². The summed E-state index contributed by atoms with van der Waals surface area (Å²) in [4.78, 5) is 13.7. The summed E-state index contributed by atoms with van der Waals surface area (Å²) >= 11 is 6.00. The maximum Gasteiger partial charge on any atom is 0.258 e. The maximum absolute atomic E-state index is 12.2. The summed E-state index contributed by atoms with van der Waals surface area (Å²) in [5.74, 6) is 0.500. The number of hydrogen-bond acceptors (Lipinski definition) is 3. The quantitative estimate of drug-likeness (QED) is 0.758. The third kappa shape index (κ3) is 5.96. The highest BCUT2D eigenvalue weighted by Gasteiger charge is 2.16. The van der Waals surface area contributed by atoms with Crippen molar-refractivity contribution in [2.75, 3.05) is 32.9 Å². The fourth-order valence-electron chi connectivity index (χ4n) is 3.11. The van der Waals surface area contributed by atoms with Crippen molar-refractivity contribution in [3.05, 3.63) is 64.2 Å². The standard InChI is InChI=1S/C21H25ClN2O3/c1-16-12-19(6-7-20(16)22)27-15-21(25)23-13-17-4-2-3-5-18(17)14-24-8-10-26-11-9-24/h2-7,12H,8-11,13-15H2,1H3,(H,23,25)/p+1. The molecule has 0 atom stereocenters. The van der Waals surface area contributed by atoms with Gasteiger partial charge in [-0.3, -0.25) is 4.79 Å². The molecule has 2 aromatic rings. The zero-order chi connectivity index (χ0) is 19.1. The molecule has 0 saturated carbocycles. The molecule has 144 valence electrons. The molecule has 5 nitrogen and oxygen atoms in total. The molecule has 0 bridgehead atoms. The number of carbonyl (C=O) groups is 1. The number of aryl methyl sites for hydroxylation is 1. The Kier molecular flexibility index (Phi) is 7.10. The van der Waals surface area contributed by atoms with Crippen molar-refractivity contribution in [3.8, 4) is 5.75 Å². The Balaban J connectivity index is 1.50. The fourth-order valence-corrected chi connectivity index (χ4v) is 3.23. The van der Waals surface area contributed by atoms with Crippen LogP contribution in [0.5, 0.6) is 5.75 Å². The number of halogens is 1. The van der Waals surface area contributed by atoms with Crippen LogP contribution >= 0.6 is 11.6 Å². The smallest absolute Gasteiger partial charge is 0.258 e. The molecule has 1 fully saturated rings. The number of rotatable bonds is 7. The highest BCUT2D eigenvalue weighted by atomic mass is 35.5. The lowest BCUT2D eigenvalue weighted by atomic mass is 10.1. The minimum atomic E-state index is -0.142. The van der Waals surface area contributed by atoms with Crippen molar-refractivity contribution >= 4 is 17.5 Å². The molecule has 1 amide bonds. The minimum Gasteiger partial charge on any atom is -0.484 e. The van der Waals surface area contributed by atoms with Crippen LogP contribution in [0.15, 0.2) is 42.5 Å². The van der Waals surface area contributed by atoms with Crippen LogP contribution in [0, 0.1) is 6.92 Å². The van der Waals surface area contributed by atoms with Gasteiger partial charge < -0.3 is 19.7 Å². The van der Waals surface area contributed by atoms with E-state index in [0.29, 0.717) is 17.3 Å². The molecule has 1 saturated heterocycles. The Morgan fingerprint density at radius 3 is 2.67 bits per heavy atom. The second-order valence-electron chi connectivity index (χ2n) is 6.78. The van der Waals surface area contributed by atoms with Gasteiger partial charge in [0.1, 0.15) is 25.4 Å². The van der Waals surface area contributed by atoms with Crippen molar-refractivity contribution in [2.45, 2.75) is 20.0 Å². The first-order valence-corrected chi connectivity index (χ1v) is 9.63. The normalized spacial score (nSPS) is 14.7. The zero-order valence-electron chi connectivity index (χ0n) is 15.6. The Bertz CT molecular complexity index is 776. The van der Waals surface area contributed by atoms with E-state index in [9.17, 15) is 4.79 Å². The predicted octanol–water partition coefficient (Wildman–Crippen LogP) is 1.76. The second kappa shape index (κ2) is 9.74. The van der Waals surface area contributed by atoms with Gasteiger partial charge in [0, 0.05) is 17.1 Å². The maximum atomic E-state index is 12.2. The lowest BCUT2D eigenvalue weighted by Gasteiger charge is -2.24. The summed E-state index contributed by atoms with van der Waals surface area (Å²) in [7, 11) is 0. The number of amides is 1. The van der Waals surface area contributed by atoms with Crippen LogP contribution in [-0.2, 0) is 22.6 Å². The molecular weight excluding hydrogens is 364 g/mol. The third-order valence-electron chi connectivity index (χ3n) is 4.73. The molecule has 0 unspecified atom stereocenters. The highest BCUT2D eigenvalue weighted by molar-refractivity contribution is 6.31. The van der Waals surface area contributed by atoms with Gasteiger partial charge in [-0.25, -0.2) is 0 Å². The molecule has 1 heterocycles. The summed E-state index contributed by atoms with van der Waals surface area (Å²) in [6, 6.07) is 13.6. The summed E-state index contributed by atoms with van der Waals surface area (Å²) < 4.78 is 11.0. The van der Waals surface area contributed by atoms with E-state index in [1.165, 1.54) is 10.5 Å². The SMILES string of the molecule is Cc1cc(OCC(=O)NCc2ccccc2C[NH+]2CCOCC2)ccc1Cl. The van der Waals surface area contributed by atoms with Crippen molar-refractivity contribution in [3.63, 3.8) is 0 Å². The molecule has 6 heteroatoms. The minimum absolute atomic E-state index is 0.0159. The molecule has 0 aliphatic carbocycles. The molecule has 27 heavy (non-hydrogen) atoms. The van der Waals surface area contributed by atoms with Crippen LogP contribution in [0.25, 0.3) is 0 Å². The number of quaternary nitrogens is 1. The fraction of sp³-hybridized carbons (Fsp3) is 0.381. The van der Waals surface area contributed by atoms with E-state index < -0.39 is 0 Å². The van der Waals surface area contributed by atoms with E-state index in [4.69, 9.17) is 21.1 Å². The molecule has 2 N–H and O–H groups in total. The zero-order valence-corrected chi connectivity index (χ0v) is 16.3. The Labute approximate surface area is 165 Å². The van der Waals surface area contributed by atoms with Gasteiger partial charge in [0.05, 0.1) is 13.2 Å². The summed E-state index contributed by atoms with van der Waals surface area (Å²) in [6.45, 7) is 7.02. The van der Waals surface area contributed by atoms with Gasteiger partial charge in [-0.15, -0.1) is 0 Å². The Morgan fingerprint density at radius 2 is 1.93 bits per heavy atom. The van der Waals surface area contributed by atoms with Gasteiger partial charge in [-0.1, -0.05) is 35.9 Å². The van der Waals surface area contributed by atoms with E-state index in [0.717, 1.165) is 44.0 Å². The number of ether oxygens (including phenoxy) is 2. The van der Waals surface area contributed by atoms with Crippen molar-refractivity contribution in [1.29, 1.82) is 0 Å². The van der Waals surface area contributed by atoms with Gasteiger partial charge in [0.15, 0.2) is 6.61 Å². The number of hydrogen-bond donors (Lipinski definition) is 2. The third-order valence-corrected chi connectivity index (χ3v) is 5.16.